The van der Waals surface area contributed by atoms with E-state index in [1.807, 2.05) is 49.2 Å². The number of pyridine rings is 2. The predicted octanol–water partition coefficient (Wildman–Crippen LogP) is 34.3. The maximum absolute atomic E-state index is 4.79. The van der Waals surface area contributed by atoms with Crippen LogP contribution < -0.4 is 0 Å². The molecule has 0 atom stereocenters. The molecule has 4 aromatic heterocycles. The van der Waals surface area contributed by atoms with Gasteiger partial charge in [0.15, 0.2) is 0 Å². The number of hydrogen-bond donors (Lipinski definition) is 0. The highest BCUT2D eigenvalue weighted by molar-refractivity contribution is 6.27. The third-order valence-corrected chi connectivity index (χ3v) is 27.3. The second-order valence-electron chi connectivity index (χ2n) is 34.8. The van der Waals surface area contributed by atoms with Gasteiger partial charge in [0, 0.05) is 59.4 Å². The van der Waals surface area contributed by atoms with Crippen molar-refractivity contribution in [1.82, 2.24) is 30.1 Å². The molecule has 28 rings (SSSR count). The van der Waals surface area contributed by atoms with Gasteiger partial charge in [-0.15, -0.1) is 0 Å². The maximum Gasteiger partial charge on any atom is 0.115 e. The summed E-state index contributed by atoms with van der Waals surface area (Å²) in [7, 11) is 0. The number of rotatable bonds is 12. The molecule has 0 saturated carbocycles. The van der Waals surface area contributed by atoms with Gasteiger partial charge in [-0.05, 0) is 287 Å². The van der Waals surface area contributed by atoms with E-state index >= 15 is 0 Å². The van der Waals surface area contributed by atoms with Crippen molar-refractivity contribution < 1.29 is 0 Å². The van der Waals surface area contributed by atoms with E-state index in [9.17, 15) is 0 Å². The minimum atomic E-state index is 0.879. The summed E-state index contributed by atoms with van der Waals surface area (Å²) >= 11 is 0. The highest BCUT2D eigenvalue weighted by atomic mass is 15.1. The zero-order valence-electron chi connectivity index (χ0n) is 74.0. The van der Waals surface area contributed by atoms with Crippen molar-refractivity contribution in [1.29, 1.82) is 0 Å². The maximum atomic E-state index is 4.79. The Morgan fingerprint density at radius 3 is 0.684 bits per heavy atom. The average Bonchev–Trinajstić information content (AvgIpc) is 1.56. The number of benzene rings is 20. The van der Waals surface area contributed by atoms with Gasteiger partial charge in [-0.2, -0.15) is 10.2 Å². The lowest BCUT2D eigenvalue weighted by Crippen LogP contribution is -1.96. The standard InChI is InChI=1S/2C33H21N.2C32H20N2/c1-3-10-22(11-4-1)28-20-29(25-16-9-19-34-21-25)31(24-12-5-2-6-13-24)33-27-18-8-15-23-14-7-17-26(30(23)27)32(28)33;1-3-11-22(12-4-1)27-21-28(29-19-7-8-20-34-29)31(24-13-5-2-6-14-24)33-26-18-10-16-23-15-9-17-25(30(23)26)32(27)33;1-3-10-21(11-4-1)26-20-27(28-18-9-19-33-34-28)30(23-12-5-2-6-13-23)32-25-17-8-15-22-14-7-16-24(29(22)25)31(26)32;1-3-9-21(10-4-1)27-17-28(24-18-33-20-34-19-24)30(23-11-5-2-6-12-23)32-26-16-8-14-22-13-7-15-25(29(22)26)31(27)32/h2*1-21H;2*1-20H. The van der Waals surface area contributed by atoms with Crippen molar-refractivity contribution in [3.8, 4) is 223 Å². The van der Waals surface area contributed by atoms with E-state index in [0.717, 1.165) is 39.2 Å². The van der Waals surface area contributed by atoms with Crippen molar-refractivity contribution in [2.45, 2.75) is 0 Å². The van der Waals surface area contributed by atoms with E-state index in [-0.39, 0.29) is 0 Å². The van der Waals surface area contributed by atoms with Crippen LogP contribution in [0.4, 0.5) is 0 Å². The first-order chi connectivity index (χ1) is 67.6. The molecular formula is C130H82N6. The predicted molar refractivity (Wildman–Crippen MR) is 566 cm³/mol. The summed E-state index contributed by atoms with van der Waals surface area (Å²) in [5.41, 5.74) is 49.1. The lowest BCUT2D eigenvalue weighted by Gasteiger charge is -2.20. The van der Waals surface area contributed by atoms with E-state index in [0.29, 0.717) is 0 Å². The van der Waals surface area contributed by atoms with Crippen LogP contribution in [0.5, 0.6) is 0 Å². The SMILES string of the molecule is c1ccc(-c2cc(-c3ccccn3)c(-c3ccccc3)c3c2-c2cccc4cccc-3c24)cc1.c1ccc(-c2cc(-c3cccnc3)c(-c3ccccc3)c3c2-c2cccc4cccc-3c24)cc1.c1ccc(-c2cc(-c3cccnn3)c(-c3ccccc3)c3c2-c2cccc4cccc-3c24)cc1.c1ccc(-c2cc(-c3cncnc3)c(-c3ccccc3)c3c2-c2cccc4cccc-3c24)cc1. The van der Waals surface area contributed by atoms with Crippen LogP contribution in [0.2, 0.25) is 0 Å². The summed E-state index contributed by atoms with van der Waals surface area (Å²) in [5, 5.41) is 19.2. The Hall–Kier alpha value is -18.1. The normalized spacial score (nSPS) is 11.5. The molecule has 136 heavy (non-hydrogen) atoms. The Bertz CT molecular complexity index is 7690. The monoisotopic (exact) mass is 1730 g/mol. The van der Waals surface area contributed by atoms with Crippen molar-refractivity contribution in [3.05, 3.63) is 498 Å². The minimum Gasteiger partial charge on any atom is -0.264 e. The molecule has 4 aliphatic rings. The van der Waals surface area contributed by atoms with Gasteiger partial charge in [0.1, 0.15) is 6.33 Å². The van der Waals surface area contributed by atoms with E-state index in [2.05, 4.69) is 462 Å². The first-order valence-corrected chi connectivity index (χ1v) is 46.3. The summed E-state index contributed by atoms with van der Waals surface area (Å²) in [4.78, 5) is 18.0. The van der Waals surface area contributed by atoms with E-state index in [1.165, 1.54) is 227 Å². The summed E-state index contributed by atoms with van der Waals surface area (Å²) in [6, 6.07) is 163. The Morgan fingerprint density at radius 2 is 0.390 bits per heavy atom. The molecule has 0 N–H and O–H groups in total. The third kappa shape index (κ3) is 13.7. The smallest absolute Gasteiger partial charge is 0.115 e. The molecule has 0 saturated heterocycles. The fourth-order valence-corrected chi connectivity index (χ4v) is 21.7. The summed E-state index contributed by atoms with van der Waals surface area (Å²) in [6.07, 6.45) is 12.9. The van der Waals surface area contributed by atoms with E-state index < -0.39 is 0 Å². The van der Waals surface area contributed by atoms with Gasteiger partial charge >= 0.3 is 0 Å². The van der Waals surface area contributed by atoms with Gasteiger partial charge in [-0.1, -0.05) is 400 Å². The zero-order valence-corrected chi connectivity index (χ0v) is 74.0. The molecule has 0 amide bonds. The molecule has 0 spiro atoms. The lowest BCUT2D eigenvalue weighted by atomic mass is 9.82. The quantitative estimate of drug-likeness (QED) is 0.121. The largest absolute Gasteiger partial charge is 0.264 e. The molecular weight excluding hydrogens is 1650 g/mol. The van der Waals surface area contributed by atoms with Crippen LogP contribution in [0.25, 0.3) is 266 Å². The van der Waals surface area contributed by atoms with E-state index in [1.54, 1.807) is 12.5 Å². The topological polar surface area (TPSA) is 77.3 Å². The van der Waals surface area contributed by atoms with Gasteiger partial charge in [-0.25, -0.2) is 9.97 Å². The molecule has 632 valence electrons. The van der Waals surface area contributed by atoms with Gasteiger partial charge in [0.05, 0.1) is 11.4 Å². The second-order valence-corrected chi connectivity index (χ2v) is 34.8. The third-order valence-electron chi connectivity index (χ3n) is 27.3. The molecule has 6 heteroatoms. The fourth-order valence-electron chi connectivity index (χ4n) is 21.7. The van der Waals surface area contributed by atoms with Crippen LogP contribution in [0.1, 0.15) is 0 Å². The zero-order chi connectivity index (χ0) is 89.9. The Morgan fingerprint density at radius 1 is 0.140 bits per heavy atom. The van der Waals surface area contributed by atoms with Crippen LogP contribution in [0, 0.1) is 0 Å². The van der Waals surface area contributed by atoms with Crippen molar-refractivity contribution >= 4 is 43.1 Å². The van der Waals surface area contributed by atoms with Crippen LogP contribution in [0.15, 0.2) is 498 Å². The summed E-state index contributed by atoms with van der Waals surface area (Å²) in [5.74, 6) is 0. The highest BCUT2D eigenvalue weighted by Gasteiger charge is 2.36. The molecule has 0 fully saturated rings. The molecule has 0 radical (unpaired) electrons. The van der Waals surface area contributed by atoms with Crippen molar-refractivity contribution in [2.75, 3.05) is 0 Å². The summed E-state index contributed by atoms with van der Waals surface area (Å²) in [6.45, 7) is 0. The first-order valence-electron chi connectivity index (χ1n) is 46.3. The highest BCUT2D eigenvalue weighted by Crippen LogP contribution is 2.63. The molecule has 0 aliphatic heterocycles. The fraction of sp³-hybridized carbons (Fsp3) is 0. The van der Waals surface area contributed by atoms with Gasteiger partial charge < -0.3 is 0 Å². The Kier molecular flexibility index (Phi) is 20.2. The van der Waals surface area contributed by atoms with Crippen molar-refractivity contribution in [2.24, 2.45) is 0 Å². The van der Waals surface area contributed by atoms with E-state index in [4.69, 9.17) is 4.98 Å². The number of hydrogen-bond acceptors (Lipinski definition) is 6. The molecule has 4 heterocycles. The van der Waals surface area contributed by atoms with Crippen LogP contribution in [-0.4, -0.2) is 30.1 Å². The molecule has 24 aromatic rings. The van der Waals surface area contributed by atoms with Crippen molar-refractivity contribution in [3.63, 3.8) is 0 Å². The first kappa shape index (κ1) is 80.0. The Balaban J connectivity index is 0.0000000965. The lowest BCUT2D eigenvalue weighted by molar-refractivity contribution is 1.04. The van der Waals surface area contributed by atoms with Crippen LogP contribution >= 0.6 is 0 Å². The van der Waals surface area contributed by atoms with Gasteiger partial charge in [0.25, 0.3) is 0 Å². The number of fused-ring (bicyclic) bond motifs is 12. The molecule has 6 nitrogen and oxygen atoms in total. The van der Waals surface area contributed by atoms with Gasteiger partial charge in [0.2, 0.25) is 0 Å². The van der Waals surface area contributed by atoms with Gasteiger partial charge in [-0.3, -0.25) is 9.97 Å². The molecule has 4 aliphatic carbocycles. The summed E-state index contributed by atoms with van der Waals surface area (Å²) < 4.78 is 0. The number of aromatic nitrogens is 6. The average molecular weight is 1730 g/mol. The number of nitrogens with zero attached hydrogens (tertiary/aromatic N) is 6. The molecule has 0 bridgehead atoms. The minimum absolute atomic E-state index is 0.879. The van der Waals surface area contributed by atoms with Crippen LogP contribution in [0.3, 0.4) is 0 Å². The molecule has 20 aromatic carbocycles. The van der Waals surface area contributed by atoms with Crippen LogP contribution in [-0.2, 0) is 0 Å². The molecule has 0 unspecified atom stereocenters. The second kappa shape index (κ2) is 34.3. The Labute approximate surface area is 789 Å².